The van der Waals surface area contributed by atoms with Gasteiger partial charge in [0.05, 0.1) is 5.02 Å². The van der Waals surface area contributed by atoms with Crippen LogP contribution in [-0.2, 0) is 7.05 Å². The van der Waals surface area contributed by atoms with Crippen molar-refractivity contribution in [2.24, 2.45) is 12.0 Å². The fourth-order valence-electron chi connectivity index (χ4n) is 1.98. The first-order valence-electron chi connectivity index (χ1n) is 5.81. The maximum Gasteiger partial charge on any atom is 0.219 e. The van der Waals surface area contributed by atoms with Gasteiger partial charge in [0.2, 0.25) is 5.88 Å². The normalized spacial score (nSPS) is 15.1. The second-order valence-electron chi connectivity index (χ2n) is 4.25. The van der Waals surface area contributed by atoms with Crippen LogP contribution in [0.25, 0.3) is 11.6 Å². The van der Waals surface area contributed by atoms with E-state index >= 15 is 0 Å². The van der Waals surface area contributed by atoms with Gasteiger partial charge in [-0.25, -0.2) is 15.0 Å². The molecule has 0 unspecified atom stereocenters. The summed E-state index contributed by atoms with van der Waals surface area (Å²) >= 11 is 7.43. The first-order valence-corrected chi connectivity index (χ1v) is 7.41. The van der Waals surface area contributed by atoms with Gasteiger partial charge in [-0.3, -0.25) is 4.57 Å². The van der Waals surface area contributed by atoms with Crippen LogP contribution in [-0.4, -0.2) is 32.1 Å². The summed E-state index contributed by atoms with van der Waals surface area (Å²) in [5.41, 5.74) is 2.18. The van der Waals surface area contributed by atoms with Crippen LogP contribution in [0.2, 0.25) is 5.02 Å². The van der Waals surface area contributed by atoms with Gasteiger partial charge in [-0.05, 0) is 18.4 Å². The molecule has 0 radical (unpaired) electrons. The van der Waals surface area contributed by atoms with Gasteiger partial charge in [-0.15, -0.1) is 0 Å². The van der Waals surface area contributed by atoms with Gasteiger partial charge in [0.1, 0.15) is 5.69 Å². The monoisotopic (exact) mass is 306 g/mol. The Hall–Kier alpha value is -1.79. The highest BCUT2D eigenvalue weighted by Gasteiger charge is 2.17. The van der Waals surface area contributed by atoms with Crippen molar-refractivity contribution in [1.29, 1.82) is 0 Å². The summed E-state index contributed by atoms with van der Waals surface area (Å²) in [5.74, 6) is 0.750. The Morgan fingerprint density at radius 3 is 2.95 bits per heavy atom. The maximum atomic E-state index is 10.1. The zero-order valence-electron chi connectivity index (χ0n) is 10.8. The molecule has 2 aromatic heterocycles. The molecule has 1 aliphatic heterocycles. The molecule has 2 aromatic rings. The lowest BCUT2D eigenvalue weighted by atomic mass is 10.1. The lowest BCUT2D eigenvalue weighted by Crippen LogP contribution is -1.88. The Morgan fingerprint density at radius 1 is 1.45 bits per heavy atom. The summed E-state index contributed by atoms with van der Waals surface area (Å²) in [6.45, 7) is 0. The molecule has 0 fully saturated rings. The molecule has 0 aliphatic carbocycles. The molecular formula is C13H11ClN4OS. The van der Waals surface area contributed by atoms with Crippen molar-refractivity contribution in [3.05, 3.63) is 28.5 Å². The topological polar surface area (TPSA) is 63.3 Å². The Kier molecular flexibility index (Phi) is 3.27. The number of nitrogens with zero attached hydrogens (tertiary/aromatic N) is 4. The highest BCUT2D eigenvalue weighted by Crippen LogP contribution is 2.34. The minimum atomic E-state index is 0.124. The van der Waals surface area contributed by atoms with Crippen molar-refractivity contribution in [3.63, 3.8) is 0 Å². The SMILES string of the molecule is CSc1nc(/C=C2/C=Nc3ncc(Cl)cc32)c(O)n1C. The number of hydrogen-bond acceptors (Lipinski definition) is 5. The van der Waals surface area contributed by atoms with Crippen molar-refractivity contribution < 1.29 is 5.11 Å². The fraction of sp³-hybridized carbons (Fsp3) is 0.154. The third-order valence-electron chi connectivity index (χ3n) is 2.99. The Bertz CT molecular complexity index is 751. The maximum absolute atomic E-state index is 10.1. The average Bonchev–Trinajstić information content (AvgIpc) is 2.95. The second kappa shape index (κ2) is 4.96. The first kappa shape index (κ1) is 13.2. The summed E-state index contributed by atoms with van der Waals surface area (Å²) in [5, 5.41) is 11.4. The van der Waals surface area contributed by atoms with Crippen LogP contribution in [0.1, 0.15) is 11.3 Å². The van der Waals surface area contributed by atoms with Gasteiger partial charge in [0, 0.05) is 30.6 Å². The summed E-state index contributed by atoms with van der Waals surface area (Å²) in [6.07, 6.45) is 6.95. The van der Waals surface area contributed by atoms with Crippen molar-refractivity contribution in [3.8, 4) is 5.88 Å². The van der Waals surface area contributed by atoms with Crippen LogP contribution in [0, 0.1) is 0 Å². The van der Waals surface area contributed by atoms with Gasteiger partial charge in [-0.1, -0.05) is 23.4 Å². The van der Waals surface area contributed by atoms with E-state index in [4.69, 9.17) is 11.6 Å². The average molecular weight is 307 g/mol. The quantitative estimate of drug-likeness (QED) is 0.866. The van der Waals surface area contributed by atoms with Gasteiger partial charge in [0.15, 0.2) is 11.0 Å². The van der Waals surface area contributed by atoms with E-state index in [0.717, 1.165) is 16.3 Å². The van der Waals surface area contributed by atoms with E-state index in [2.05, 4.69) is 15.0 Å². The zero-order valence-corrected chi connectivity index (χ0v) is 12.4. The Labute approximate surface area is 125 Å². The van der Waals surface area contributed by atoms with Crippen LogP contribution in [0.5, 0.6) is 5.88 Å². The van der Waals surface area contributed by atoms with E-state index in [-0.39, 0.29) is 5.88 Å². The van der Waals surface area contributed by atoms with Crippen molar-refractivity contribution in [2.45, 2.75) is 5.16 Å². The number of aliphatic imine (C=N–C) groups is 1. The van der Waals surface area contributed by atoms with Crippen molar-refractivity contribution in [1.82, 2.24) is 14.5 Å². The third-order valence-corrected chi connectivity index (χ3v) is 3.93. The molecule has 0 amide bonds. The summed E-state index contributed by atoms with van der Waals surface area (Å²) < 4.78 is 1.64. The molecule has 5 nitrogen and oxygen atoms in total. The van der Waals surface area contributed by atoms with Crippen molar-refractivity contribution >= 4 is 47.0 Å². The summed E-state index contributed by atoms with van der Waals surface area (Å²) in [7, 11) is 1.77. The van der Waals surface area contributed by atoms with Gasteiger partial charge < -0.3 is 5.11 Å². The smallest absolute Gasteiger partial charge is 0.219 e. The molecule has 0 spiro atoms. The molecule has 0 atom stereocenters. The number of aromatic hydroxyl groups is 1. The number of rotatable bonds is 2. The molecule has 102 valence electrons. The standard InChI is InChI=1S/C13H11ClN4OS/c1-18-12(19)10(17-13(18)20-2)3-7-5-15-11-9(7)4-8(14)6-16-11/h3-6,19H,1-2H3/b7-3-. The predicted octanol–water partition coefficient (Wildman–Crippen LogP) is 3.15. The number of thioether (sulfide) groups is 1. The Balaban J connectivity index is 2.08. The lowest BCUT2D eigenvalue weighted by molar-refractivity contribution is 0.424. The zero-order chi connectivity index (χ0) is 14.3. The minimum absolute atomic E-state index is 0.124. The van der Waals surface area contributed by atoms with Gasteiger partial charge in [-0.2, -0.15) is 0 Å². The number of fused-ring (bicyclic) bond motifs is 1. The van der Waals surface area contributed by atoms with Crippen LogP contribution < -0.4 is 0 Å². The van der Waals surface area contributed by atoms with Crippen molar-refractivity contribution in [2.75, 3.05) is 6.26 Å². The molecular weight excluding hydrogens is 296 g/mol. The summed E-state index contributed by atoms with van der Waals surface area (Å²) in [6, 6.07) is 1.80. The number of allylic oxidation sites excluding steroid dienone is 1. The molecule has 3 heterocycles. The van der Waals surface area contributed by atoms with Crippen LogP contribution in [0.15, 0.2) is 22.4 Å². The van der Waals surface area contributed by atoms with E-state index < -0.39 is 0 Å². The molecule has 1 N–H and O–H groups in total. The van der Waals surface area contributed by atoms with E-state index in [1.54, 1.807) is 36.2 Å². The molecule has 1 aliphatic rings. The van der Waals surface area contributed by atoms with Crippen LogP contribution >= 0.6 is 23.4 Å². The van der Waals surface area contributed by atoms with E-state index in [9.17, 15) is 5.11 Å². The number of halogens is 1. The molecule has 20 heavy (non-hydrogen) atoms. The molecule has 0 saturated heterocycles. The Morgan fingerprint density at radius 2 is 2.25 bits per heavy atom. The fourth-order valence-corrected chi connectivity index (χ4v) is 2.69. The number of aromatic nitrogens is 3. The highest BCUT2D eigenvalue weighted by molar-refractivity contribution is 7.98. The molecule has 0 saturated carbocycles. The molecule has 7 heteroatoms. The van der Waals surface area contributed by atoms with Crippen LogP contribution in [0.4, 0.5) is 5.82 Å². The molecule has 0 bridgehead atoms. The number of pyridine rings is 1. The number of imidazole rings is 1. The van der Waals surface area contributed by atoms with Gasteiger partial charge >= 0.3 is 0 Å². The predicted molar refractivity (Wildman–Crippen MR) is 81.9 cm³/mol. The lowest BCUT2D eigenvalue weighted by Gasteiger charge is -1.99. The van der Waals surface area contributed by atoms with E-state index in [1.807, 2.05) is 6.26 Å². The number of hydrogen-bond donors (Lipinski definition) is 1. The molecule has 0 aromatic carbocycles. The first-order chi connectivity index (χ1) is 9.60. The van der Waals surface area contributed by atoms with E-state index in [1.165, 1.54) is 11.8 Å². The van der Waals surface area contributed by atoms with Crippen LogP contribution in [0.3, 0.4) is 0 Å². The molecule has 3 rings (SSSR count). The van der Waals surface area contributed by atoms with Gasteiger partial charge in [0.25, 0.3) is 0 Å². The second-order valence-corrected chi connectivity index (χ2v) is 5.46. The minimum Gasteiger partial charge on any atom is -0.493 e. The largest absolute Gasteiger partial charge is 0.493 e. The highest BCUT2D eigenvalue weighted by atomic mass is 35.5. The third kappa shape index (κ3) is 2.10. The summed E-state index contributed by atoms with van der Waals surface area (Å²) in [4.78, 5) is 12.7. The van der Waals surface area contributed by atoms with E-state index in [0.29, 0.717) is 16.5 Å².